The standard InChI is InChI=1S/C29H34O3/c1-2-3-4-11-16-27(30)19-17-24-18-20-28(31-22-25-12-7-5-8-13-25)29(21-24)32-23-26-14-9-6-10-15-26/h5-10,12-15,17-21,27,30H,2-4,11,16,22-23H2,1H3. The fourth-order valence-electron chi connectivity index (χ4n) is 3.43. The van der Waals surface area contributed by atoms with E-state index in [1.54, 1.807) is 0 Å². The molecular formula is C29H34O3. The van der Waals surface area contributed by atoms with Gasteiger partial charge in [0.05, 0.1) is 6.10 Å². The lowest BCUT2D eigenvalue weighted by Crippen LogP contribution is -2.02. The van der Waals surface area contributed by atoms with Crippen LogP contribution in [0.2, 0.25) is 0 Å². The molecular weight excluding hydrogens is 396 g/mol. The molecule has 0 aliphatic carbocycles. The van der Waals surface area contributed by atoms with Crippen LogP contribution in [0, 0.1) is 0 Å². The van der Waals surface area contributed by atoms with Gasteiger partial charge in [-0.2, -0.15) is 0 Å². The van der Waals surface area contributed by atoms with Crippen molar-refractivity contribution in [2.24, 2.45) is 0 Å². The number of hydrogen-bond donors (Lipinski definition) is 1. The van der Waals surface area contributed by atoms with Gasteiger partial charge in [0.2, 0.25) is 0 Å². The Morgan fingerprint density at radius 1 is 0.750 bits per heavy atom. The van der Waals surface area contributed by atoms with Gasteiger partial charge >= 0.3 is 0 Å². The van der Waals surface area contributed by atoms with Crippen LogP contribution in [0.1, 0.15) is 55.7 Å². The molecule has 0 saturated heterocycles. The highest BCUT2D eigenvalue weighted by atomic mass is 16.5. The molecule has 1 N–H and O–H groups in total. The zero-order valence-corrected chi connectivity index (χ0v) is 19.0. The van der Waals surface area contributed by atoms with Crippen molar-refractivity contribution in [2.75, 3.05) is 0 Å². The van der Waals surface area contributed by atoms with Crippen LogP contribution in [0.3, 0.4) is 0 Å². The van der Waals surface area contributed by atoms with Crippen LogP contribution in [-0.4, -0.2) is 11.2 Å². The minimum Gasteiger partial charge on any atom is -0.485 e. The summed E-state index contributed by atoms with van der Waals surface area (Å²) in [5.41, 5.74) is 3.19. The Kier molecular flexibility index (Phi) is 9.88. The third kappa shape index (κ3) is 8.24. The fourth-order valence-corrected chi connectivity index (χ4v) is 3.43. The number of rotatable bonds is 13. The lowest BCUT2D eigenvalue weighted by atomic mass is 10.1. The van der Waals surface area contributed by atoms with Crippen molar-refractivity contribution in [3.63, 3.8) is 0 Å². The van der Waals surface area contributed by atoms with Gasteiger partial charge in [-0.3, -0.25) is 0 Å². The summed E-state index contributed by atoms with van der Waals surface area (Å²) in [5, 5.41) is 10.3. The maximum atomic E-state index is 10.3. The first-order valence-electron chi connectivity index (χ1n) is 11.6. The molecule has 0 amide bonds. The van der Waals surface area contributed by atoms with Crippen LogP contribution in [0.4, 0.5) is 0 Å². The number of aliphatic hydroxyl groups is 1. The van der Waals surface area contributed by atoms with Crippen LogP contribution in [0.25, 0.3) is 6.08 Å². The van der Waals surface area contributed by atoms with Crippen molar-refractivity contribution in [1.29, 1.82) is 0 Å². The second kappa shape index (κ2) is 13.4. The largest absolute Gasteiger partial charge is 0.485 e. The average Bonchev–Trinajstić information content (AvgIpc) is 2.84. The molecule has 0 bridgehead atoms. The predicted octanol–water partition coefficient (Wildman–Crippen LogP) is 7.19. The first kappa shape index (κ1) is 23.6. The van der Waals surface area contributed by atoms with E-state index in [1.165, 1.54) is 19.3 Å². The molecule has 0 aromatic heterocycles. The molecule has 3 rings (SSSR count). The Balaban J connectivity index is 1.67. The second-order valence-electron chi connectivity index (χ2n) is 8.03. The zero-order valence-electron chi connectivity index (χ0n) is 19.0. The van der Waals surface area contributed by atoms with E-state index in [0.29, 0.717) is 24.7 Å². The van der Waals surface area contributed by atoms with Gasteiger partial charge in [-0.05, 0) is 35.2 Å². The molecule has 3 aromatic carbocycles. The van der Waals surface area contributed by atoms with Crippen LogP contribution < -0.4 is 9.47 Å². The molecule has 0 spiro atoms. The molecule has 3 nitrogen and oxygen atoms in total. The molecule has 32 heavy (non-hydrogen) atoms. The Morgan fingerprint density at radius 3 is 2.00 bits per heavy atom. The molecule has 0 radical (unpaired) electrons. The molecule has 3 heteroatoms. The monoisotopic (exact) mass is 430 g/mol. The molecule has 0 aliphatic rings. The molecule has 168 valence electrons. The molecule has 0 saturated carbocycles. The van der Waals surface area contributed by atoms with Crippen molar-refractivity contribution in [1.82, 2.24) is 0 Å². The normalized spacial score (nSPS) is 12.1. The molecule has 1 unspecified atom stereocenters. The maximum absolute atomic E-state index is 10.3. The van der Waals surface area contributed by atoms with Gasteiger partial charge in [0.1, 0.15) is 13.2 Å². The van der Waals surface area contributed by atoms with Crippen molar-refractivity contribution >= 4 is 6.08 Å². The van der Waals surface area contributed by atoms with Crippen LogP contribution in [0.5, 0.6) is 11.5 Å². The summed E-state index contributed by atoms with van der Waals surface area (Å²) in [6.07, 6.45) is 8.86. The van der Waals surface area contributed by atoms with Crippen LogP contribution >= 0.6 is 0 Å². The number of aliphatic hydroxyl groups excluding tert-OH is 1. The highest BCUT2D eigenvalue weighted by Gasteiger charge is 2.08. The summed E-state index contributed by atoms with van der Waals surface area (Å²) in [5.74, 6) is 1.41. The van der Waals surface area contributed by atoms with Crippen molar-refractivity contribution in [3.8, 4) is 11.5 Å². The number of benzene rings is 3. The number of hydrogen-bond acceptors (Lipinski definition) is 3. The zero-order chi connectivity index (χ0) is 22.4. The van der Waals surface area contributed by atoms with E-state index in [1.807, 2.05) is 91.0 Å². The van der Waals surface area contributed by atoms with Gasteiger partial charge in [0, 0.05) is 0 Å². The van der Waals surface area contributed by atoms with E-state index < -0.39 is 6.10 Å². The predicted molar refractivity (Wildman–Crippen MR) is 132 cm³/mol. The summed E-state index contributed by atoms with van der Waals surface area (Å²) >= 11 is 0. The van der Waals surface area contributed by atoms with Gasteiger partial charge < -0.3 is 14.6 Å². The second-order valence-corrected chi connectivity index (χ2v) is 8.03. The highest BCUT2D eigenvalue weighted by Crippen LogP contribution is 2.30. The lowest BCUT2D eigenvalue weighted by Gasteiger charge is -2.14. The lowest BCUT2D eigenvalue weighted by molar-refractivity contribution is 0.209. The Morgan fingerprint density at radius 2 is 1.38 bits per heavy atom. The SMILES string of the molecule is CCCCCCC(O)C=Cc1ccc(OCc2ccccc2)c(OCc2ccccc2)c1. The van der Waals surface area contributed by atoms with Gasteiger partial charge in [0.15, 0.2) is 11.5 Å². The van der Waals surface area contributed by atoms with E-state index in [2.05, 4.69) is 6.92 Å². The molecule has 3 aromatic rings. The summed E-state index contributed by atoms with van der Waals surface area (Å²) in [6, 6.07) is 26.1. The number of unbranched alkanes of at least 4 members (excludes halogenated alkanes) is 3. The van der Waals surface area contributed by atoms with E-state index in [9.17, 15) is 5.11 Å². The van der Waals surface area contributed by atoms with Gasteiger partial charge in [-0.25, -0.2) is 0 Å². The minimum atomic E-state index is -0.422. The summed E-state index contributed by atoms with van der Waals surface area (Å²) in [7, 11) is 0. The maximum Gasteiger partial charge on any atom is 0.162 e. The molecule has 1 atom stereocenters. The average molecular weight is 431 g/mol. The van der Waals surface area contributed by atoms with E-state index in [4.69, 9.17) is 9.47 Å². The molecule has 0 fully saturated rings. The quantitative estimate of drug-likeness (QED) is 0.292. The van der Waals surface area contributed by atoms with Crippen molar-refractivity contribution < 1.29 is 14.6 Å². The smallest absolute Gasteiger partial charge is 0.162 e. The van der Waals surface area contributed by atoms with E-state index in [-0.39, 0.29) is 0 Å². The van der Waals surface area contributed by atoms with Crippen molar-refractivity contribution in [3.05, 3.63) is 102 Å². The van der Waals surface area contributed by atoms with Crippen LogP contribution in [-0.2, 0) is 13.2 Å². The molecule has 0 heterocycles. The summed E-state index contributed by atoms with van der Waals surface area (Å²) < 4.78 is 12.2. The highest BCUT2D eigenvalue weighted by molar-refractivity contribution is 5.56. The summed E-state index contributed by atoms with van der Waals surface area (Å²) in [6.45, 7) is 3.14. The van der Waals surface area contributed by atoms with Crippen molar-refractivity contribution in [2.45, 2.75) is 58.3 Å². The fraction of sp³-hybridized carbons (Fsp3) is 0.310. The Labute approximate surface area is 192 Å². The van der Waals surface area contributed by atoms with Crippen LogP contribution in [0.15, 0.2) is 84.9 Å². The first-order valence-corrected chi connectivity index (χ1v) is 11.6. The summed E-state index contributed by atoms with van der Waals surface area (Å²) in [4.78, 5) is 0. The Bertz CT molecular complexity index is 935. The third-order valence-electron chi connectivity index (χ3n) is 5.31. The Hall–Kier alpha value is -3.04. The minimum absolute atomic E-state index is 0.422. The van der Waals surface area contributed by atoms with Gasteiger partial charge in [0.25, 0.3) is 0 Å². The van der Waals surface area contributed by atoms with E-state index >= 15 is 0 Å². The van der Waals surface area contributed by atoms with E-state index in [0.717, 1.165) is 29.5 Å². The first-order chi connectivity index (χ1) is 15.7. The molecule has 0 aliphatic heterocycles. The number of ether oxygens (including phenoxy) is 2. The van der Waals surface area contributed by atoms with Gasteiger partial charge in [-0.15, -0.1) is 0 Å². The van der Waals surface area contributed by atoms with Gasteiger partial charge in [-0.1, -0.05) is 111 Å². The third-order valence-corrected chi connectivity index (χ3v) is 5.31. The topological polar surface area (TPSA) is 38.7 Å².